The molecule has 0 amide bonds. The van der Waals surface area contributed by atoms with Gasteiger partial charge in [0.1, 0.15) is 0 Å². The first-order valence-corrected chi connectivity index (χ1v) is 13.1. The molecule has 0 spiro atoms. The number of unbranched alkanes of at least 4 members (excludes halogenated alkanes) is 3. The second kappa shape index (κ2) is 12.8. The Morgan fingerprint density at radius 3 is 1.70 bits per heavy atom. The molecule has 0 aromatic heterocycles. The van der Waals surface area contributed by atoms with Crippen LogP contribution in [-0.2, 0) is 6.42 Å². The molecule has 0 bridgehead atoms. The first-order chi connectivity index (χ1) is 14.6. The number of hydrogen-bond donors (Lipinski definition) is 0. The van der Waals surface area contributed by atoms with Gasteiger partial charge in [-0.1, -0.05) is 109 Å². The lowest BCUT2D eigenvalue weighted by Crippen LogP contribution is -2.18. The molecule has 3 rings (SSSR count). The number of halogens is 2. The Balaban J connectivity index is 1.24. The highest BCUT2D eigenvalue weighted by atomic mass is 19.2. The summed E-state index contributed by atoms with van der Waals surface area (Å²) in [6.45, 7) is 2.30. The van der Waals surface area contributed by atoms with Crippen molar-refractivity contribution in [2.45, 2.75) is 116 Å². The fourth-order valence-electron chi connectivity index (χ4n) is 6.01. The van der Waals surface area contributed by atoms with Crippen LogP contribution < -0.4 is 0 Å². The van der Waals surface area contributed by atoms with Gasteiger partial charge in [-0.25, -0.2) is 8.78 Å². The van der Waals surface area contributed by atoms with Gasteiger partial charge in [0.2, 0.25) is 0 Å². The third-order valence-electron chi connectivity index (χ3n) is 8.21. The van der Waals surface area contributed by atoms with Crippen molar-refractivity contribution in [2.75, 3.05) is 0 Å². The summed E-state index contributed by atoms with van der Waals surface area (Å²) in [5, 5.41) is 0. The smallest absolute Gasteiger partial charge is 0.159 e. The fourth-order valence-corrected chi connectivity index (χ4v) is 6.01. The van der Waals surface area contributed by atoms with Crippen LogP contribution in [0, 0.1) is 35.3 Å². The molecule has 2 saturated carbocycles. The quantitative estimate of drug-likeness (QED) is 0.314. The Labute approximate surface area is 184 Å². The summed E-state index contributed by atoms with van der Waals surface area (Å²) < 4.78 is 26.4. The molecular formula is C28H44F2. The maximum Gasteiger partial charge on any atom is 0.159 e. The predicted octanol–water partition coefficient (Wildman–Crippen LogP) is 9.26. The molecule has 1 aromatic carbocycles. The summed E-state index contributed by atoms with van der Waals surface area (Å²) in [5.41, 5.74) is 0.942. The molecular weight excluding hydrogens is 374 g/mol. The Bertz CT molecular complexity index is 595. The largest absolute Gasteiger partial charge is 0.204 e. The van der Waals surface area contributed by atoms with Crippen LogP contribution in [-0.4, -0.2) is 0 Å². The summed E-state index contributed by atoms with van der Waals surface area (Å²) in [6.07, 6.45) is 23.5. The third-order valence-corrected chi connectivity index (χ3v) is 8.21. The van der Waals surface area contributed by atoms with Crippen molar-refractivity contribution in [3.05, 3.63) is 35.4 Å². The molecule has 0 aliphatic heterocycles. The standard InChI is InChI=1S/C28H44F2/c1-2-3-4-5-6-22-7-9-23(10-8-22)11-12-24-13-15-25(16-14-24)17-18-26-19-20-27(29)28(30)21-26/h19-25H,2-18H2,1H3. The minimum atomic E-state index is -0.736. The lowest BCUT2D eigenvalue weighted by atomic mass is 9.74. The Hall–Kier alpha value is -0.920. The first-order valence-electron chi connectivity index (χ1n) is 13.1. The second-order valence-electron chi connectivity index (χ2n) is 10.5. The van der Waals surface area contributed by atoms with Crippen LogP contribution >= 0.6 is 0 Å². The Morgan fingerprint density at radius 1 is 0.633 bits per heavy atom. The summed E-state index contributed by atoms with van der Waals surface area (Å²) >= 11 is 0. The fraction of sp³-hybridized carbons (Fsp3) is 0.786. The molecule has 2 fully saturated rings. The summed E-state index contributed by atoms with van der Waals surface area (Å²) in [7, 11) is 0. The highest BCUT2D eigenvalue weighted by Gasteiger charge is 2.24. The van der Waals surface area contributed by atoms with Crippen molar-refractivity contribution in [1.82, 2.24) is 0 Å². The van der Waals surface area contributed by atoms with Crippen molar-refractivity contribution in [1.29, 1.82) is 0 Å². The highest BCUT2D eigenvalue weighted by molar-refractivity contribution is 5.17. The SMILES string of the molecule is CCCCCCC1CCC(CCC2CCC(CCc3ccc(F)c(F)c3)CC2)CC1. The number of rotatable bonds is 11. The summed E-state index contributed by atoms with van der Waals surface area (Å²) in [5.74, 6) is 2.31. The minimum absolute atomic E-state index is 0.707. The molecule has 0 saturated heterocycles. The van der Waals surface area contributed by atoms with Gasteiger partial charge in [-0.3, -0.25) is 0 Å². The molecule has 1 aromatic rings. The molecule has 170 valence electrons. The van der Waals surface area contributed by atoms with Crippen LogP contribution in [0.4, 0.5) is 8.78 Å². The van der Waals surface area contributed by atoms with Crippen LogP contribution in [0.25, 0.3) is 0 Å². The molecule has 0 heterocycles. The molecule has 0 N–H and O–H groups in total. The van der Waals surface area contributed by atoms with E-state index in [0.29, 0.717) is 0 Å². The maximum atomic E-state index is 13.4. The van der Waals surface area contributed by atoms with Crippen molar-refractivity contribution in [3.63, 3.8) is 0 Å². The van der Waals surface area contributed by atoms with E-state index in [9.17, 15) is 8.78 Å². The van der Waals surface area contributed by atoms with Gasteiger partial charge in [-0.2, -0.15) is 0 Å². The molecule has 2 heteroatoms. The predicted molar refractivity (Wildman–Crippen MR) is 124 cm³/mol. The van der Waals surface area contributed by atoms with Crippen LogP contribution in [0.5, 0.6) is 0 Å². The Kier molecular flexibility index (Phi) is 10.1. The van der Waals surface area contributed by atoms with Gasteiger partial charge in [0.25, 0.3) is 0 Å². The molecule has 30 heavy (non-hydrogen) atoms. The second-order valence-corrected chi connectivity index (χ2v) is 10.5. The molecule has 0 nitrogen and oxygen atoms in total. The molecule has 2 aliphatic rings. The van der Waals surface area contributed by atoms with Gasteiger partial charge >= 0.3 is 0 Å². The lowest BCUT2D eigenvalue weighted by molar-refractivity contribution is 0.208. The topological polar surface area (TPSA) is 0 Å². The monoisotopic (exact) mass is 418 g/mol. The normalized spacial score (nSPS) is 27.3. The molecule has 0 unspecified atom stereocenters. The van der Waals surface area contributed by atoms with E-state index in [-0.39, 0.29) is 0 Å². The van der Waals surface area contributed by atoms with Gasteiger partial charge in [-0.05, 0) is 54.2 Å². The average Bonchev–Trinajstić information content (AvgIpc) is 2.77. The van der Waals surface area contributed by atoms with Crippen LogP contribution in [0.15, 0.2) is 18.2 Å². The van der Waals surface area contributed by atoms with E-state index in [0.717, 1.165) is 42.1 Å². The zero-order valence-electron chi connectivity index (χ0n) is 19.3. The van der Waals surface area contributed by atoms with Crippen LogP contribution in [0.1, 0.15) is 115 Å². The lowest BCUT2D eigenvalue weighted by Gasteiger charge is -2.32. The number of hydrogen-bond acceptors (Lipinski definition) is 0. The van der Waals surface area contributed by atoms with E-state index in [1.54, 1.807) is 6.07 Å². The summed E-state index contributed by atoms with van der Waals surface area (Å²) in [4.78, 5) is 0. The van der Waals surface area contributed by atoms with E-state index in [1.807, 2.05) is 0 Å². The van der Waals surface area contributed by atoms with Crippen molar-refractivity contribution < 1.29 is 8.78 Å². The van der Waals surface area contributed by atoms with Gasteiger partial charge in [0.05, 0.1) is 0 Å². The van der Waals surface area contributed by atoms with Crippen LogP contribution in [0.3, 0.4) is 0 Å². The van der Waals surface area contributed by atoms with Gasteiger partial charge in [-0.15, -0.1) is 0 Å². The zero-order chi connectivity index (χ0) is 21.2. The zero-order valence-corrected chi connectivity index (χ0v) is 19.3. The van der Waals surface area contributed by atoms with Crippen LogP contribution in [0.2, 0.25) is 0 Å². The highest BCUT2D eigenvalue weighted by Crippen LogP contribution is 2.38. The molecule has 0 atom stereocenters. The number of aryl methyl sites for hydroxylation is 1. The molecule has 2 aliphatic carbocycles. The summed E-state index contributed by atoms with van der Waals surface area (Å²) in [6, 6.07) is 4.38. The maximum absolute atomic E-state index is 13.4. The van der Waals surface area contributed by atoms with E-state index < -0.39 is 11.6 Å². The first kappa shape index (κ1) is 23.7. The van der Waals surface area contributed by atoms with Gasteiger partial charge in [0.15, 0.2) is 11.6 Å². The average molecular weight is 419 g/mol. The third kappa shape index (κ3) is 7.97. The van der Waals surface area contributed by atoms with Gasteiger partial charge < -0.3 is 0 Å². The van der Waals surface area contributed by atoms with Crippen molar-refractivity contribution >= 4 is 0 Å². The van der Waals surface area contributed by atoms with Crippen molar-refractivity contribution in [2.24, 2.45) is 23.7 Å². The van der Waals surface area contributed by atoms with E-state index in [1.165, 1.54) is 108 Å². The van der Waals surface area contributed by atoms with E-state index in [2.05, 4.69) is 6.92 Å². The van der Waals surface area contributed by atoms with E-state index in [4.69, 9.17) is 0 Å². The van der Waals surface area contributed by atoms with Gasteiger partial charge in [0, 0.05) is 0 Å². The minimum Gasteiger partial charge on any atom is -0.204 e. The van der Waals surface area contributed by atoms with Crippen molar-refractivity contribution in [3.8, 4) is 0 Å². The number of benzene rings is 1. The van der Waals surface area contributed by atoms with E-state index >= 15 is 0 Å². The molecule has 0 radical (unpaired) electrons. The Morgan fingerprint density at radius 2 is 1.17 bits per heavy atom.